The Morgan fingerprint density at radius 1 is 1.00 bits per heavy atom. The highest BCUT2D eigenvalue weighted by molar-refractivity contribution is 7.86. The van der Waals surface area contributed by atoms with Crippen molar-refractivity contribution in [2.45, 2.75) is 18.6 Å². The minimum atomic E-state index is -3.47. The largest absolute Gasteiger partial charge is 0.296 e. The number of hydrogen-bond donors (Lipinski definition) is 0. The molecule has 0 bridgehead atoms. The van der Waals surface area contributed by atoms with Crippen LogP contribution in [0, 0.1) is 0 Å². The normalized spacial score (nSPS) is 22.3. The van der Waals surface area contributed by atoms with Crippen LogP contribution in [0.25, 0.3) is 0 Å². The van der Waals surface area contributed by atoms with E-state index in [1.54, 1.807) is 0 Å². The number of hydrogen-bond acceptors (Lipinski definition) is 4. The molecule has 0 radical (unpaired) electrons. The molecule has 2 aromatic rings. The van der Waals surface area contributed by atoms with Gasteiger partial charge < -0.3 is 0 Å². The monoisotopic (exact) mass is 331 g/mol. The summed E-state index contributed by atoms with van der Waals surface area (Å²) >= 11 is 0. The summed E-state index contributed by atoms with van der Waals surface area (Å²) in [5.74, 6) is 0.0645. The third-order valence-electron chi connectivity index (χ3n) is 4.12. The van der Waals surface area contributed by atoms with E-state index in [9.17, 15) is 8.42 Å². The first-order valence-electron chi connectivity index (χ1n) is 7.71. The maximum absolute atomic E-state index is 11.6. The van der Waals surface area contributed by atoms with Crippen molar-refractivity contribution < 1.29 is 12.6 Å². The zero-order valence-electron chi connectivity index (χ0n) is 13.1. The van der Waals surface area contributed by atoms with Crippen molar-refractivity contribution in [3.63, 3.8) is 0 Å². The fraction of sp³-hybridized carbons (Fsp3) is 0.333. The second kappa shape index (κ2) is 6.83. The molecular weight excluding hydrogens is 310 g/mol. The predicted molar refractivity (Wildman–Crippen MR) is 90.6 cm³/mol. The molecule has 1 fully saturated rings. The van der Waals surface area contributed by atoms with Crippen LogP contribution in [-0.4, -0.2) is 38.8 Å². The van der Waals surface area contributed by atoms with Crippen LogP contribution in [0.3, 0.4) is 0 Å². The van der Waals surface area contributed by atoms with E-state index >= 15 is 0 Å². The van der Waals surface area contributed by atoms with Gasteiger partial charge in [0.1, 0.15) is 0 Å². The summed E-state index contributed by atoms with van der Waals surface area (Å²) in [5, 5.41) is 0. The highest BCUT2D eigenvalue weighted by atomic mass is 32.2. The van der Waals surface area contributed by atoms with E-state index in [0.29, 0.717) is 6.54 Å². The number of rotatable bonds is 5. The minimum absolute atomic E-state index is 0.0645. The Labute approximate surface area is 137 Å². The van der Waals surface area contributed by atoms with Gasteiger partial charge in [0.05, 0.1) is 12.4 Å². The third kappa shape index (κ3) is 4.41. The van der Waals surface area contributed by atoms with Gasteiger partial charge in [0.15, 0.2) is 0 Å². The van der Waals surface area contributed by atoms with Crippen LogP contribution >= 0.6 is 0 Å². The maximum Gasteiger partial charge on any atom is 0.264 e. The van der Waals surface area contributed by atoms with Crippen molar-refractivity contribution >= 4 is 10.1 Å². The molecule has 1 aliphatic heterocycles. The number of benzene rings is 2. The number of likely N-dealkylation sites (tertiary alicyclic amines) is 1. The molecule has 122 valence electrons. The third-order valence-corrected chi connectivity index (χ3v) is 4.71. The fourth-order valence-electron chi connectivity index (χ4n) is 3.17. The Kier molecular flexibility index (Phi) is 4.80. The van der Waals surface area contributed by atoms with Gasteiger partial charge in [-0.3, -0.25) is 9.08 Å². The van der Waals surface area contributed by atoms with Gasteiger partial charge >= 0.3 is 0 Å². The standard InChI is InChI=1S/C18H21NO3S/c1-23(20,21)22-18-14-19(12-15-8-4-2-5-9-15)13-17(18)16-10-6-3-7-11-16/h2-11,17-18H,12-14H2,1H3/t17-,18-/m0/s1. The Balaban J connectivity index is 1.78. The first-order chi connectivity index (χ1) is 11.0. The Hall–Kier alpha value is -1.69. The summed E-state index contributed by atoms with van der Waals surface area (Å²) in [4.78, 5) is 2.25. The molecule has 1 aliphatic rings. The molecule has 2 atom stereocenters. The smallest absolute Gasteiger partial charge is 0.264 e. The lowest BCUT2D eigenvalue weighted by Crippen LogP contribution is -2.25. The molecule has 2 aromatic carbocycles. The lowest BCUT2D eigenvalue weighted by molar-refractivity contribution is 0.197. The minimum Gasteiger partial charge on any atom is -0.296 e. The van der Waals surface area contributed by atoms with Gasteiger partial charge in [-0.25, -0.2) is 0 Å². The van der Waals surface area contributed by atoms with E-state index in [2.05, 4.69) is 17.0 Å². The molecule has 0 aromatic heterocycles. The van der Waals surface area contributed by atoms with Crippen LogP contribution in [0.1, 0.15) is 17.0 Å². The highest BCUT2D eigenvalue weighted by Gasteiger charge is 2.36. The van der Waals surface area contributed by atoms with E-state index in [1.807, 2.05) is 48.5 Å². The first kappa shape index (κ1) is 16.2. The molecule has 0 amide bonds. The van der Waals surface area contributed by atoms with Crippen LogP contribution in [-0.2, 0) is 20.8 Å². The summed E-state index contributed by atoms with van der Waals surface area (Å²) in [5.41, 5.74) is 2.34. The van der Waals surface area contributed by atoms with Crippen LogP contribution in [0.15, 0.2) is 60.7 Å². The summed E-state index contributed by atoms with van der Waals surface area (Å²) in [6, 6.07) is 20.2. The first-order valence-corrected chi connectivity index (χ1v) is 9.52. The summed E-state index contributed by atoms with van der Waals surface area (Å²) in [6.07, 6.45) is 0.783. The molecule has 1 saturated heterocycles. The number of nitrogens with zero attached hydrogens (tertiary/aromatic N) is 1. The van der Waals surface area contributed by atoms with E-state index < -0.39 is 10.1 Å². The molecule has 5 heteroatoms. The van der Waals surface area contributed by atoms with E-state index in [4.69, 9.17) is 4.18 Å². The second-order valence-electron chi connectivity index (χ2n) is 6.04. The highest BCUT2D eigenvalue weighted by Crippen LogP contribution is 2.31. The Morgan fingerprint density at radius 2 is 1.61 bits per heavy atom. The molecule has 1 heterocycles. The summed E-state index contributed by atoms with van der Waals surface area (Å²) in [7, 11) is -3.47. The Morgan fingerprint density at radius 3 is 2.22 bits per heavy atom. The molecule has 23 heavy (non-hydrogen) atoms. The van der Waals surface area contributed by atoms with Gasteiger partial charge in [0, 0.05) is 25.6 Å². The quantitative estimate of drug-likeness (QED) is 0.790. The van der Waals surface area contributed by atoms with Crippen molar-refractivity contribution in [2.75, 3.05) is 19.3 Å². The van der Waals surface area contributed by atoms with Gasteiger partial charge in [0.2, 0.25) is 0 Å². The van der Waals surface area contributed by atoms with Gasteiger partial charge in [0.25, 0.3) is 10.1 Å². The SMILES string of the molecule is CS(=O)(=O)O[C@H]1CN(Cc2ccccc2)C[C@H]1c1ccccc1. The van der Waals surface area contributed by atoms with Crippen LogP contribution in [0.2, 0.25) is 0 Å². The summed E-state index contributed by atoms with van der Waals surface area (Å²) < 4.78 is 28.5. The summed E-state index contributed by atoms with van der Waals surface area (Å²) in [6.45, 7) is 2.20. The second-order valence-corrected chi connectivity index (χ2v) is 7.64. The average Bonchev–Trinajstić information content (AvgIpc) is 2.89. The van der Waals surface area contributed by atoms with E-state index in [-0.39, 0.29) is 12.0 Å². The maximum atomic E-state index is 11.6. The lowest BCUT2D eigenvalue weighted by Gasteiger charge is -2.17. The molecule has 0 aliphatic carbocycles. The van der Waals surface area contributed by atoms with E-state index in [1.165, 1.54) is 5.56 Å². The zero-order valence-corrected chi connectivity index (χ0v) is 13.9. The van der Waals surface area contributed by atoms with Gasteiger partial charge in [-0.05, 0) is 11.1 Å². The van der Waals surface area contributed by atoms with Crippen molar-refractivity contribution in [2.24, 2.45) is 0 Å². The molecular formula is C18H21NO3S. The molecule has 3 rings (SSSR count). The van der Waals surface area contributed by atoms with E-state index in [0.717, 1.165) is 24.9 Å². The predicted octanol–water partition coefficient (Wildman–Crippen LogP) is 2.63. The fourth-order valence-corrected chi connectivity index (χ4v) is 3.81. The lowest BCUT2D eigenvalue weighted by atomic mass is 9.96. The molecule has 0 unspecified atom stereocenters. The Bertz CT molecular complexity index is 731. The molecule has 0 saturated carbocycles. The zero-order chi connectivity index (χ0) is 16.3. The molecule has 4 nitrogen and oxygen atoms in total. The van der Waals surface area contributed by atoms with Crippen LogP contribution in [0.4, 0.5) is 0 Å². The topological polar surface area (TPSA) is 46.6 Å². The molecule has 0 spiro atoms. The van der Waals surface area contributed by atoms with Crippen LogP contribution < -0.4 is 0 Å². The van der Waals surface area contributed by atoms with Crippen molar-refractivity contribution in [3.8, 4) is 0 Å². The van der Waals surface area contributed by atoms with Crippen molar-refractivity contribution in [3.05, 3.63) is 71.8 Å². The molecule has 0 N–H and O–H groups in total. The average molecular weight is 331 g/mol. The van der Waals surface area contributed by atoms with Crippen LogP contribution in [0.5, 0.6) is 0 Å². The van der Waals surface area contributed by atoms with Crippen molar-refractivity contribution in [1.82, 2.24) is 4.90 Å². The van der Waals surface area contributed by atoms with Gasteiger partial charge in [-0.15, -0.1) is 0 Å². The van der Waals surface area contributed by atoms with Crippen molar-refractivity contribution in [1.29, 1.82) is 0 Å². The van der Waals surface area contributed by atoms with Gasteiger partial charge in [-0.2, -0.15) is 8.42 Å². The van der Waals surface area contributed by atoms with Gasteiger partial charge in [-0.1, -0.05) is 60.7 Å².